The Balaban J connectivity index is 3.96. The number of carbonyl (C=O) groups excluding carboxylic acids is 1. The van der Waals surface area contributed by atoms with Gasteiger partial charge >= 0.3 is 11.9 Å². The van der Waals surface area contributed by atoms with Crippen molar-refractivity contribution in [3.63, 3.8) is 0 Å². The highest BCUT2D eigenvalue weighted by molar-refractivity contribution is 5.69. The lowest BCUT2D eigenvalue weighted by atomic mass is 10.0. The van der Waals surface area contributed by atoms with E-state index in [1.165, 1.54) is 19.3 Å². The van der Waals surface area contributed by atoms with Gasteiger partial charge in [0.1, 0.15) is 6.10 Å². The van der Waals surface area contributed by atoms with Gasteiger partial charge in [0.05, 0.1) is 0 Å². The molecule has 0 radical (unpaired) electrons. The maximum atomic E-state index is 11.9. The first kappa shape index (κ1) is 21.9. The van der Waals surface area contributed by atoms with Crippen molar-refractivity contribution in [2.45, 2.75) is 110 Å². The van der Waals surface area contributed by atoms with Crippen molar-refractivity contribution >= 4 is 11.9 Å². The van der Waals surface area contributed by atoms with E-state index < -0.39 is 5.97 Å². The number of carbonyl (C=O) groups is 2. The third-order valence-electron chi connectivity index (χ3n) is 4.08. The first-order chi connectivity index (χ1) is 11.1. The topological polar surface area (TPSA) is 63.6 Å². The monoisotopic (exact) mass is 328 g/mol. The maximum absolute atomic E-state index is 11.9. The van der Waals surface area contributed by atoms with Gasteiger partial charge in [0.15, 0.2) is 0 Å². The second-order valence-electron chi connectivity index (χ2n) is 6.41. The minimum absolute atomic E-state index is 0.0186. The second kappa shape index (κ2) is 15.8. The molecule has 0 bridgehead atoms. The van der Waals surface area contributed by atoms with Crippen LogP contribution in [0.1, 0.15) is 104 Å². The number of rotatable bonds is 16. The number of carboxylic acids is 1. The van der Waals surface area contributed by atoms with E-state index in [1.807, 2.05) is 0 Å². The zero-order chi connectivity index (χ0) is 17.3. The van der Waals surface area contributed by atoms with Crippen LogP contribution in [0.2, 0.25) is 0 Å². The smallest absolute Gasteiger partial charge is 0.306 e. The highest BCUT2D eigenvalue weighted by atomic mass is 16.5. The molecule has 1 atom stereocenters. The molecule has 0 amide bonds. The highest BCUT2D eigenvalue weighted by Gasteiger charge is 2.14. The van der Waals surface area contributed by atoms with E-state index in [1.54, 1.807) is 0 Å². The van der Waals surface area contributed by atoms with Crippen LogP contribution in [0.5, 0.6) is 0 Å². The third-order valence-corrected chi connectivity index (χ3v) is 4.08. The van der Waals surface area contributed by atoms with Gasteiger partial charge in [-0.2, -0.15) is 0 Å². The lowest BCUT2D eigenvalue weighted by molar-refractivity contribution is -0.150. The van der Waals surface area contributed by atoms with Gasteiger partial charge in [0, 0.05) is 12.8 Å². The van der Waals surface area contributed by atoms with E-state index in [4.69, 9.17) is 9.84 Å². The quantitative estimate of drug-likeness (QED) is 0.301. The molecule has 0 fully saturated rings. The molecular weight excluding hydrogens is 292 g/mol. The lowest BCUT2D eigenvalue weighted by Crippen LogP contribution is -2.18. The van der Waals surface area contributed by atoms with Crippen LogP contribution in [-0.2, 0) is 14.3 Å². The summed E-state index contributed by atoms with van der Waals surface area (Å²) in [6, 6.07) is 0. The fourth-order valence-corrected chi connectivity index (χ4v) is 2.65. The molecule has 0 saturated carbocycles. The average molecular weight is 328 g/mol. The Labute approximate surface area is 142 Å². The third kappa shape index (κ3) is 15.6. The number of hydrogen-bond acceptors (Lipinski definition) is 3. The number of aliphatic carboxylic acids is 1. The van der Waals surface area contributed by atoms with E-state index in [2.05, 4.69) is 13.8 Å². The molecule has 1 unspecified atom stereocenters. The molecule has 0 heterocycles. The molecule has 0 rings (SSSR count). The molecule has 0 aliphatic rings. The summed E-state index contributed by atoms with van der Waals surface area (Å²) in [4.78, 5) is 22.4. The Hall–Kier alpha value is -1.06. The van der Waals surface area contributed by atoms with E-state index in [-0.39, 0.29) is 18.5 Å². The summed E-state index contributed by atoms with van der Waals surface area (Å²) in [6.45, 7) is 4.33. The molecule has 0 aliphatic heterocycles. The van der Waals surface area contributed by atoms with Crippen LogP contribution >= 0.6 is 0 Å². The van der Waals surface area contributed by atoms with Gasteiger partial charge in [0.25, 0.3) is 0 Å². The van der Waals surface area contributed by atoms with Gasteiger partial charge in [-0.05, 0) is 38.5 Å². The molecule has 23 heavy (non-hydrogen) atoms. The normalized spacial score (nSPS) is 12.1. The van der Waals surface area contributed by atoms with Crippen LogP contribution in [0, 0.1) is 0 Å². The van der Waals surface area contributed by atoms with Gasteiger partial charge in [0.2, 0.25) is 0 Å². The molecule has 4 nitrogen and oxygen atoms in total. The summed E-state index contributed by atoms with van der Waals surface area (Å²) >= 11 is 0. The van der Waals surface area contributed by atoms with Crippen LogP contribution in [0.4, 0.5) is 0 Å². The predicted molar refractivity (Wildman–Crippen MR) is 93.5 cm³/mol. The Kier molecular flexibility index (Phi) is 15.1. The van der Waals surface area contributed by atoms with Crippen molar-refractivity contribution in [3.05, 3.63) is 0 Å². The fourth-order valence-electron chi connectivity index (χ4n) is 2.65. The Bertz CT molecular complexity index is 302. The van der Waals surface area contributed by atoms with Crippen LogP contribution in [0.3, 0.4) is 0 Å². The summed E-state index contributed by atoms with van der Waals surface area (Å²) in [7, 11) is 0. The Morgan fingerprint density at radius 3 is 1.91 bits per heavy atom. The van der Waals surface area contributed by atoms with Crippen LogP contribution in [0.15, 0.2) is 0 Å². The van der Waals surface area contributed by atoms with Crippen molar-refractivity contribution < 1.29 is 19.4 Å². The summed E-state index contributed by atoms with van der Waals surface area (Å²) in [6.07, 6.45) is 12.9. The van der Waals surface area contributed by atoms with Crippen molar-refractivity contribution in [3.8, 4) is 0 Å². The molecule has 4 heteroatoms. The molecule has 0 aromatic heterocycles. The first-order valence-corrected chi connectivity index (χ1v) is 9.51. The molecule has 0 spiro atoms. The summed E-state index contributed by atoms with van der Waals surface area (Å²) in [5, 5.41) is 8.64. The summed E-state index contributed by atoms with van der Waals surface area (Å²) < 4.78 is 5.65. The Morgan fingerprint density at radius 1 is 0.783 bits per heavy atom. The van der Waals surface area contributed by atoms with Crippen molar-refractivity contribution in [2.24, 2.45) is 0 Å². The number of esters is 1. The van der Waals surface area contributed by atoms with Crippen LogP contribution in [-0.4, -0.2) is 23.1 Å². The summed E-state index contributed by atoms with van der Waals surface area (Å²) in [5.41, 5.74) is 0. The first-order valence-electron chi connectivity index (χ1n) is 9.51. The van der Waals surface area contributed by atoms with Crippen molar-refractivity contribution in [1.29, 1.82) is 0 Å². The van der Waals surface area contributed by atoms with E-state index in [0.717, 1.165) is 51.4 Å². The van der Waals surface area contributed by atoms with Crippen LogP contribution in [0.25, 0.3) is 0 Å². The molecule has 0 saturated heterocycles. The highest BCUT2D eigenvalue weighted by Crippen LogP contribution is 2.16. The van der Waals surface area contributed by atoms with Gasteiger partial charge in [-0.25, -0.2) is 0 Å². The molecule has 1 N–H and O–H groups in total. The fraction of sp³-hybridized carbons (Fsp3) is 0.895. The number of ether oxygens (including phenoxy) is 1. The SMILES string of the molecule is CCCCCCC(=O)OC(CCCCC)CCCCCC(=O)O. The number of carboxylic acid groups (broad SMARTS) is 1. The van der Waals surface area contributed by atoms with Crippen molar-refractivity contribution in [1.82, 2.24) is 0 Å². The van der Waals surface area contributed by atoms with Gasteiger partial charge in [-0.3, -0.25) is 9.59 Å². The number of unbranched alkanes of at least 4 members (excludes halogenated alkanes) is 7. The van der Waals surface area contributed by atoms with Gasteiger partial charge in [-0.15, -0.1) is 0 Å². The number of hydrogen-bond donors (Lipinski definition) is 1. The minimum Gasteiger partial charge on any atom is -0.481 e. The lowest BCUT2D eigenvalue weighted by Gasteiger charge is -2.18. The largest absolute Gasteiger partial charge is 0.481 e. The van der Waals surface area contributed by atoms with Gasteiger partial charge < -0.3 is 9.84 Å². The van der Waals surface area contributed by atoms with E-state index in [9.17, 15) is 9.59 Å². The summed E-state index contributed by atoms with van der Waals surface area (Å²) in [5.74, 6) is -0.795. The second-order valence-corrected chi connectivity index (χ2v) is 6.41. The zero-order valence-electron chi connectivity index (χ0n) is 15.1. The van der Waals surface area contributed by atoms with E-state index >= 15 is 0 Å². The predicted octanol–water partition coefficient (Wildman–Crippen LogP) is 5.48. The minimum atomic E-state index is -0.733. The van der Waals surface area contributed by atoms with E-state index in [0.29, 0.717) is 12.8 Å². The molecule has 136 valence electrons. The van der Waals surface area contributed by atoms with Gasteiger partial charge in [-0.1, -0.05) is 52.4 Å². The maximum Gasteiger partial charge on any atom is 0.306 e. The molecule has 0 aromatic rings. The standard InChI is InChI=1S/C19H36O4/c1-3-5-7-12-16-19(22)23-17(13-9-6-4-2)14-10-8-11-15-18(20)21/h17H,3-16H2,1-2H3,(H,20,21). The Morgan fingerprint density at radius 2 is 1.30 bits per heavy atom. The zero-order valence-corrected chi connectivity index (χ0v) is 15.1. The molecular formula is C19H36O4. The van der Waals surface area contributed by atoms with Crippen LogP contribution < -0.4 is 0 Å². The average Bonchev–Trinajstić information content (AvgIpc) is 2.51. The molecule has 0 aliphatic carbocycles. The van der Waals surface area contributed by atoms with Crippen molar-refractivity contribution in [2.75, 3.05) is 0 Å². The molecule has 0 aromatic carbocycles.